The average molecular weight is 379 g/mol. The third kappa shape index (κ3) is 2.71. The number of rotatable bonds is 3. The Morgan fingerprint density at radius 3 is 2.65 bits per heavy atom. The predicted molar refractivity (Wildman–Crippen MR) is 82.3 cm³/mol. The standard InChI is InChI=1S/C15H11BrN2O5/c1-15(6-17)9-4-7(16)2-3-8(9)12(21)11(13(15)22)14(23)18-5-10(19)20/h2-4,21H,5H2,1H3,(H,18,23)(H,19,20)/t15-/m0/s1. The van der Waals surface area contributed by atoms with Crippen molar-refractivity contribution >= 4 is 39.3 Å². The van der Waals surface area contributed by atoms with Crippen LogP contribution in [0.3, 0.4) is 0 Å². The number of carbonyl (C=O) groups is 3. The van der Waals surface area contributed by atoms with Crippen molar-refractivity contribution in [3.05, 3.63) is 39.4 Å². The maximum absolute atomic E-state index is 12.6. The van der Waals surface area contributed by atoms with Gasteiger partial charge >= 0.3 is 5.97 Å². The SMILES string of the molecule is C[C@@]1(C#N)C(=O)C(C(=O)NCC(=O)O)=C(O)c2ccc(Br)cc21. The fourth-order valence-electron chi connectivity index (χ4n) is 2.32. The number of fused-ring (bicyclic) bond motifs is 1. The number of amides is 1. The smallest absolute Gasteiger partial charge is 0.322 e. The Labute approximate surface area is 139 Å². The van der Waals surface area contributed by atoms with Gasteiger partial charge in [0.15, 0.2) is 5.78 Å². The van der Waals surface area contributed by atoms with Crippen LogP contribution in [0.5, 0.6) is 0 Å². The van der Waals surface area contributed by atoms with Crippen LogP contribution in [0, 0.1) is 11.3 Å². The Morgan fingerprint density at radius 1 is 1.43 bits per heavy atom. The minimum Gasteiger partial charge on any atom is -0.506 e. The average Bonchev–Trinajstić information content (AvgIpc) is 2.50. The van der Waals surface area contributed by atoms with E-state index >= 15 is 0 Å². The molecule has 1 aliphatic carbocycles. The molecule has 23 heavy (non-hydrogen) atoms. The quantitative estimate of drug-likeness (QED) is 0.679. The molecule has 0 fully saturated rings. The molecule has 8 heteroatoms. The van der Waals surface area contributed by atoms with Crippen LogP contribution in [-0.4, -0.2) is 34.4 Å². The lowest BCUT2D eigenvalue weighted by atomic mass is 9.70. The van der Waals surface area contributed by atoms with E-state index < -0.39 is 41.0 Å². The molecule has 3 N–H and O–H groups in total. The summed E-state index contributed by atoms with van der Waals surface area (Å²) in [5, 5.41) is 30.3. The molecule has 0 spiro atoms. The molecule has 1 aromatic carbocycles. The highest BCUT2D eigenvalue weighted by molar-refractivity contribution is 9.10. The molecule has 7 nitrogen and oxygen atoms in total. The number of nitrogens with one attached hydrogen (secondary N) is 1. The first kappa shape index (κ1) is 16.7. The van der Waals surface area contributed by atoms with Crippen LogP contribution in [0.1, 0.15) is 18.1 Å². The van der Waals surface area contributed by atoms with Crippen LogP contribution in [0.15, 0.2) is 28.2 Å². The van der Waals surface area contributed by atoms with Gasteiger partial charge in [-0.15, -0.1) is 0 Å². The molecule has 0 aliphatic heterocycles. The van der Waals surface area contributed by atoms with Gasteiger partial charge in [0.05, 0.1) is 6.07 Å². The maximum atomic E-state index is 12.6. The molecule has 0 saturated carbocycles. The van der Waals surface area contributed by atoms with Crippen molar-refractivity contribution < 1.29 is 24.6 Å². The summed E-state index contributed by atoms with van der Waals surface area (Å²) in [6, 6.07) is 6.46. The number of halogens is 1. The molecule has 0 bridgehead atoms. The second-order valence-electron chi connectivity index (χ2n) is 5.06. The summed E-state index contributed by atoms with van der Waals surface area (Å²) in [5.74, 6) is -3.79. The number of nitriles is 1. The Hall–Kier alpha value is -2.66. The zero-order valence-corrected chi connectivity index (χ0v) is 13.5. The number of hydrogen-bond acceptors (Lipinski definition) is 5. The number of benzene rings is 1. The molecule has 0 unspecified atom stereocenters. The second kappa shape index (κ2) is 5.85. The monoisotopic (exact) mass is 378 g/mol. The molecule has 0 radical (unpaired) electrons. The first-order chi connectivity index (χ1) is 10.7. The summed E-state index contributed by atoms with van der Waals surface area (Å²) in [6.45, 7) is 0.636. The van der Waals surface area contributed by atoms with Crippen LogP contribution in [0.2, 0.25) is 0 Å². The number of hydrogen-bond donors (Lipinski definition) is 3. The van der Waals surface area contributed by atoms with Gasteiger partial charge < -0.3 is 15.5 Å². The zero-order chi connectivity index (χ0) is 17.4. The van der Waals surface area contributed by atoms with Crippen molar-refractivity contribution in [3.8, 4) is 6.07 Å². The summed E-state index contributed by atoms with van der Waals surface area (Å²) in [7, 11) is 0. The molecule has 118 valence electrons. The van der Waals surface area contributed by atoms with Crippen molar-refractivity contribution in [1.29, 1.82) is 5.26 Å². The fourth-order valence-corrected chi connectivity index (χ4v) is 2.68. The molecular weight excluding hydrogens is 368 g/mol. The zero-order valence-electron chi connectivity index (χ0n) is 11.9. The lowest BCUT2D eigenvalue weighted by Gasteiger charge is -2.29. The third-order valence-corrected chi connectivity index (χ3v) is 4.04. The number of aliphatic hydroxyl groups is 1. The van der Waals surface area contributed by atoms with E-state index in [2.05, 4.69) is 15.9 Å². The number of nitrogens with zero attached hydrogens (tertiary/aromatic N) is 1. The molecule has 1 amide bonds. The van der Waals surface area contributed by atoms with Crippen LogP contribution >= 0.6 is 15.9 Å². The number of Topliss-reactive ketones (excluding diaryl/α,β-unsaturated/α-hetero) is 1. The molecule has 0 saturated heterocycles. The van der Waals surface area contributed by atoms with Gasteiger partial charge in [0, 0.05) is 10.0 Å². The van der Waals surface area contributed by atoms with E-state index in [-0.39, 0.29) is 11.1 Å². The van der Waals surface area contributed by atoms with E-state index in [0.717, 1.165) is 0 Å². The van der Waals surface area contributed by atoms with Gasteiger partial charge in [-0.3, -0.25) is 14.4 Å². The van der Waals surface area contributed by atoms with Crippen LogP contribution in [0.25, 0.3) is 5.76 Å². The molecule has 1 aromatic rings. The highest BCUT2D eigenvalue weighted by Gasteiger charge is 2.47. The first-order valence-electron chi connectivity index (χ1n) is 6.42. The van der Waals surface area contributed by atoms with E-state index in [4.69, 9.17) is 5.11 Å². The van der Waals surface area contributed by atoms with E-state index in [0.29, 0.717) is 4.47 Å². The van der Waals surface area contributed by atoms with Crippen molar-refractivity contribution in [3.63, 3.8) is 0 Å². The maximum Gasteiger partial charge on any atom is 0.322 e. The summed E-state index contributed by atoms with van der Waals surface area (Å²) >= 11 is 3.23. The summed E-state index contributed by atoms with van der Waals surface area (Å²) in [5.41, 5.74) is -1.84. The summed E-state index contributed by atoms with van der Waals surface area (Å²) in [4.78, 5) is 35.2. The lowest BCUT2D eigenvalue weighted by molar-refractivity contribution is -0.137. The van der Waals surface area contributed by atoms with E-state index in [1.807, 2.05) is 11.4 Å². The minimum atomic E-state index is -1.67. The molecule has 0 aromatic heterocycles. The second-order valence-corrected chi connectivity index (χ2v) is 5.97. The Bertz CT molecular complexity index is 809. The van der Waals surface area contributed by atoms with E-state index in [1.54, 1.807) is 6.07 Å². The van der Waals surface area contributed by atoms with Gasteiger partial charge in [0.2, 0.25) is 0 Å². The summed E-state index contributed by atoms with van der Waals surface area (Å²) < 4.78 is 0.608. The highest BCUT2D eigenvalue weighted by atomic mass is 79.9. The number of aliphatic hydroxyl groups excluding tert-OH is 1. The minimum absolute atomic E-state index is 0.178. The highest BCUT2D eigenvalue weighted by Crippen LogP contribution is 2.40. The normalized spacial score (nSPS) is 19.8. The van der Waals surface area contributed by atoms with Crippen LogP contribution in [0.4, 0.5) is 0 Å². The van der Waals surface area contributed by atoms with Gasteiger partial charge in [-0.05, 0) is 30.7 Å². The van der Waals surface area contributed by atoms with Crippen LogP contribution in [-0.2, 0) is 19.8 Å². The van der Waals surface area contributed by atoms with Gasteiger partial charge in [-0.2, -0.15) is 5.26 Å². The Balaban J connectivity index is 2.63. The third-order valence-electron chi connectivity index (χ3n) is 3.54. The van der Waals surface area contributed by atoms with Crippen molar-refractivity contribution in [2.24, 2.45) is 0 Å². The number of carbonyl (C=O) groups excluding carboxylic acids is 2. The van der Waals surface area contributed by atoms with Gasteiger partial charge in [0.25, 0.3) is 5.91 Å². The Morgan fingerprint density at radius 2 is 2.09 bits per heavy atom. The first-order valence-corrected chi connectivity index (χ1v) is 7.21. The largest absolute Gasteiger partial charge is 0.506 e. The van der Waals surface area contributed by atoms with E-state index in [9.17, 15) is 24.8 Å². The lowest BCUT2D eigenvalue weighted by Crippen LogP contribution is -2.43. The van der Waals surface area contributed by atoms with Crippen LogP contribution < -0.4 is 5.32 Å². The number of carboxylic acid groups (broad SMARTS) is 1. The van der Waals surface area contributed by atoms with Gasteiger partial charge in [-0.25, -0.2) is 0 Å². The molecule has 1 aliphatic rings. The fraction of sp³-hybridized carbons (Fsp3) is 0.200. The molecule has 0 heterocycles. The van der Waals surface area contributed by atoms with Crippen molar-refractivity contribution in [2.75, 3.05) is 6.54 Å². The van der Waals surface area contributed by atoms with Gasteiger partial charge in [0.1, 0.15) is 23.3 Å². The van der Waals surface area contributed by atoms with Gasteiger partial charge in [-0.1, -0.05) is 15.9 Å². The van der Waals surface area contributed by atoms with E-state index in [1.165, 1.54) is 19.1 Å². The van der Waals surface area contributed by atoms with Crippen molar-refractivity contribution in [1.82, 2.24) is 5.32 Å². The predicted octanol–water partition coefficient (Wildman–Crippen LogP) is 1.28. The number of aliphatic carboxylic acids is 1. The van der Waals surface area contributed by atoms with Crippen molar-refractivity contribution in [2.45, 2.75) is 12.3 Å². The molecule has 1 atom stereocenters. The molecular formula is C15H11BrN2O5. The molecule has 2 rings (SSSR count). The number of ketones is 1. The summed E-state index contributed by atoms with van der Waals surface area (Å²) in [6.07, 6.45) is 0. The topological polar surface area (TPSA) is 127 Å². The Kier molecular flexibility index (Phi) is 4.25. The number of carboxylic acids is 1.